The van der Waals surface area contributed by atoms with E-state index in [1.165, 1.54) is 21.0 Å². The highest BCUT2D eigenvalue weighted by atomic mass is 16.7. The number of ketones is 1. The van der Waals surface area contributed by atoms with Crippen molar-refractivity contribution >= 4 is 17.7 Å². The Balaban J connectivity index is 1.13. The van der Waals surface area contributed by atoms with Gasteiger partial charge in [0.15, 0.2) is 12.6 Å². The van der Waals surface area contributed by atoms with E-state index in [0.29, 0.717) is 19.3 Å². The third kappa shape index (κ3) is 6.87. The number of esters is 2. The van der Waals surface area contributed by atoms with Gasteiger partial charge in [0.2, 0.25) is 0 Å². The van der Waals surface area contributed by atoms with Gasteiger partial charge in [-0.1, -0.05) is 43.7 Å². The molecule has 2 heterocycles. The molecule has 0 amide bonds. The van der Waals surface area contributed by atoms with Gasteiger partial charge in [-0.05, 0) is 76.8 Å². The lowest BCUT2D eigenvalue weighted by molar-refractivity contribution is -0.342. The number of methoxy groups -OCH3 is 1. The van der Waals surface area contributed by atoms with Crippen LogP contribution in [0.2, 0.25) is 0 Å². The highest BCUT2D eigenvalue weighted by Gasteiger charge is 2.80. The molecule has 2 aliphatic heterocycles. The Morgan fingerprint density at radius 3 is 2.19 bits per heavy atom. The van der Waals surface area contributed by atoms with Crippen LogP contribution in [0.25, 0.3) is 0 Å². The van der Waals surface area contributed by atoms with Crippen molar-refractivity contribution in [3.63, 3.8) is 0 Å². The standard InChI is InChI=1S/C43H60O15/c1-21(44)28-15-18-43(51)41(28,6)37(58-38(49)25-11-9-8-10-12-25)35(55-24(4)45)36-40(5)16-14-27(19-26(40)13-17-42(36,43)50)56-30-20-29(46)33(23(3)53-30)57-39-32(48)34(52-7)31(47)22(2)54-39/h8-13,22-23,27-37,39,46-48,50-51H,14-20H2,1-7H3/t22-,23-,27+,28-,29-,30+,31-,32-,33-,34-,35+,36-,37-,39+,40+,41+,42+,43-/m1/s1. The lowest BCUT2D eigenvalue weighted by Gasteiger charge is -2.68. The molecule has 58 heavy (non-hydrogen) atoms. The maximum absolute atomic E-state index is 13.8. The molecule has 2 saturated heterocycles. The van der Waals surface area contributed by atoms with Crippen molar-refractivity contribution < 1.29 is 73.1 Å². The van der Waals surface area contributed by atoms with Gasteiger partial charge in [0.1, 0.15) is 53.6 Å². The molecule has 4 aliphatic carbocycles. The van der Waals surface area contributed by atoms with Crippen molar-refractivity contribution in [3.05, 3.63) is 47.5 Å². The molecule has 0 unspecified atom stereocenters. The summed E-state index contributed by atoms with van der Waals surface area (Å²) in [5, 5.41) is 58.5. The smallest absolute Gasteiger partial charge is 0.338 e. The number of fused-ring (bicyclic) bond motifs is 5. The molecule has 322 valence electrons. The molecule has 15 heteroatoms. The monoisotopic (exact) mass is 816 g/mol. The summed E-state index contributed by atoms with van der Waals surface area (Å²) >= 11 is 0. The molecule has 1 aromatic rings. The van der Waals surface area contributed by atoms with Crippen molar-refractivity contribution in [2.45, 2.75) is 171 Å². The van der Waals surface area contributed by atoms with Gasteiger partial charge in [-0.15, -0.1) is 0 Å². The SMILES string of the molecule is CO[C@H]1[C@@H](O)[C@H](O[C@H]2[C@H](O)C[C@H](O[C@H]3CC[C@@]4(C)C(=CC[C@]5(O)[C@@H]4[C@H](OC(C)=O)[C@@H](OC(=O)c4ccccc4)[C@]4(C)[C@@H](C(C)=O)CC[C@@]45O)C3)O[C@@H]2C)O[C@H](C)[C@H]1O. The predicted octanol–water partition coefficient (Wildman–Crippen LogP) is 2.51. The summed E-state index contributed by atoms with van der Waals surface area (Å²) in [6.07, 6.45) is -7.88. The number of carbonyl (C=O) groups excluding carboxylic acids is 3. The molecular formula is C43H60O15. The first-order valence-electron chi connectivity index (χ1n) is 20.6. The number of benzene rings is 1. The minimum Gasteiger partial charge on any atom is -0.458 e. The van der Waals surface area contributed by atoms with Crippen LogP contribution in [0.5, 0.6) is 0 Å². The Morgan fingerprint density at radius 2 is 1.55 bits per heavy atom. The fourth-order valence-corrected chi connectivity index (χ4v) is 11.8. The minimum atomic E-state index is -1.90. The molecule has 1 aromatic carbocycles. The van der Waals surface area contributed by atoms with Gasteiger partial charge >= 0.3 is 11.9 Å². The average molecular weight is 817 g/mol. The second-order valence-electron chi connectivity index (χ2n) is 17.9. The Kier molecular flexibility index (Phi) is 11.9. The van der Waals surface area contributed by atoms with Gasteiger partial charge in [0, 0.05) is 37.7 Å². The average Bonchev–Trinajstić information content (AvgIpc) is 3.46. The normalized spacial score (nSPS) is 47.5. The summed E-state index contributed by atoms with van der Waals surface area (Å²) in [5.74, 6) is -3.32. The van der Waals surface area contributed by atoms with Crippen LogP contribution in [0.1, 0.15) is 96.8 Å². The summed E-state index contributed by atoms with van der Waals surface area (Å²) in [4.78, 5) is 40.1. The van der Waals surface area contributed by atoms with Crippen molar-refractivity contribution in [2.75, 3.05) is 7.11 Å². The Bertz CT molecular complexity index is 1730. The molecule has 0 radical (unpaired) electrons. The van der Waals surface area contributed by atoms with Crippen LogP contribution in [-0.2, 0) is 42.7 Å². The summed E-state index contributed by atoms with van der Waals surface area (Å²) in [6, 6.07) is 8.34. The van der Waals surface area contributed by atoms with Gasteiger partial charge in [-0.25, -0.2) is 4.79 Å². The van der Waals surface area contributed by atoms with E-state index in [2.05, 4.69) is 0 Å². The zero-order valence-corrected chi connectivity index (χ0v) is 34.3. The zero-order valence-electron chi connectivity index (χ0n) is 34.3. The first-order chi connectivity index (χ1) is 27.3. The topological polar surface area (TPSA) is 217 Å². The third-order valence-corrected chi connectivity index (χ3v) is 14.7. The third-order valence-electron chi connectivity index (χ3n) is 14.7. The number of rotatable bonds is 9. The Morgan fingerprint density at radius 1 is 0.845 bits per heavy atom. The molecule has 5 N–H and O–H groups in total. The number of hydrogen-bond donors (Lipinski definition) is 5. The van der Waals surface area contributed by atoms with E-state index < -0.39 is 113 Å². The van der Waals surface area contributed by atoms with Crippen LogP contribution in [0, 0.1) is 22.7 Å². The molecular weight excluding hydrogens is 756 g/mol. The van der Waals surface area contributed by atoms with E-state index in [1.807, 2.05) is 13.0 Å². The quantitative estimate of drug-likeness (QED) is 0.179. The highest BCUT2D eigenvalue weighted by molar-refractivity contribution is 5.89. The zero-order chi connectivity index (χ0) is 42.1. The molecule has 15 nitrogen and oxygen atoms in total. The lowest BCUT2D eigenvalue weighted by atomic mass is 9.42. The molecule has 18 atom stereocenters. The van der Waals surface area contributed by atoms with Crippen LogP contribution < -0.4 is 0 Å². The fraction of sp³-hybridized carbons (Fsp3) is 0.744. The first-order valence-corrected chi connectivity index (χ1v) is 20.6. The highest BCUT2D eigenvalue weighted by Crippen LogP contribution is 2.70. The largest absolute Gasteiger partial charge is 0.458 e. The molecule has 5 fully saturated rings. The number of Topliss-reactive ketones (excluding diaryl/α,β-unsaturated/α-hetero) is 1. The first kappa shape index (κ1) is 43.3. The second kappa shape index (κ2) is 15.9. The lowest BCUT2D eigenvalue weighted by Crippen LogP contribution is -2.80. The Hall–Kier alpha value is -2.83. The maximum Gasteiger partial charge on any atom is 0.338 e. The van der Waals surface area contributed by atoms with Crippen LogP contribution in [0.15, 0.2) is 42.0 Å². The van der Waals surface area contributed by atoms with E-state index in [1.54, 1.807) is 51.1 Å². The maximum atomic E-state index is 13.8. The van der Waals surface area contributed by atoms with Crippen LogP contribution in [0.3, 0.4) is 0 Å². The number of carbonyl (C=O) groups is 3. The van der Waals surface area contributed by atoms with Gasteiger partial charge in [-0.3, -0.25) is 9.59 Å². The van der Waals surface area contributed by atoms with E-state index in [0.717, 1.165) is 5.57 Å². The van der Waals surface area contributed by atoms with Crippen molar-refractivity contribution in [2.24, 2.45) is 22.7 Å². The van der Waals surface area contributed by atoms with Gasteiger partial charge in [-0.2, -0.15) is 0 Å². The summed E-state index contributed by atoms with van der Waals surface area (Å²) < 4.78 is 42.2. The summed E-state index contributed by atoms with van der Waals surface area (Å²) in [7, 11) is 1.37. The van der Waals surface area contributed by atoms with Gasteiger partial charge < -0.3 is 58.7 Å². The summed E-state index contributed by atoms with van der Waals surface area (Å²) in [5.41, 5.74) is -5.00. The molecule has 3 saturated carbocycles. The van der Waals surface area contributed by atoms with Crippen molar-refractivity contribution in [3.8, 4) is 0 Å². The predicted molar refractivity (Wildman–Crippen MR) is 203 cm³/mol. The Labute approximate surface area is 338 Å². The number of aliphatic hydroxyl groups is 5. The van der Waals surface area contributed by atoms with Crippen LogP contribution in [-0.4, -0.2) is 135 Å². The molecule has 0 bridgehead atoms. The number of aliphatic hydroxyl groups excluding tert-OH is 3. The summed E-state index contributed by atoms with van der Waals surface area (Å²) in [6.45, 7) is 9.69. The fourth-order valence-electron chi connectivity index (χ4n) is 11.8. The second-order valence-corrected chi connectivity index (χ2v) is 17.9. The number of ether oxygens (including phenoxy) is 7. The van der Waals surface area contributed by atoms with Crippen LogP contribution >= 0.6 is 0 Å². The van der Waals surface area contributed by atoms with Gasteiger partial charge in [0.25, 0.3) is 0 Å². The van der Waals surface area contributed by atoms with E-state index in [9.17, 15) is 39.9 Å². The van der Waals surface area contributed by atoms with Crippen molar-refractivity contribution in [1.29, 1.82) is 0 Å². The molecule has 7 rings (SSSR count). The molecule has 0 spiro atoms. The minimum absolute atomic E-state index is 0.00744. The molecule has 6 aliphatic rings. The van der Waals surface area contributed by atoms with Crippen molar-refractivity contribution in [1.82, 2.24) is 0 Å². The number of hydrogen-bond acceptors (Lipinski definition) is 15. The molecule has 0 aromatic heterocycles. The van der Waals surface area contributed by atoms with Crippen LogP contribution in [0.4, 0.5) is 0 Å². The van der Waals surface area contributed by atoms with E-state index in [4.69, 9.17) is 33.2 Å². The van der Waals surface area contributed by atoms with E-state index in [-0.39, 0.29) is 43.1 Å². The van der Waals surface area contributed by atoms with E-state index >= 15 is 0 Å². The van der Waals surface area contributed by atoms with Gasteiger partial charge in [0.05, 0.1) is 30.0 Å².